The summed E-state index contributed by atoms with van der Waals surface area (Å²) in [6.07, 6.45) is 4.39. The first-order valence-electron chi connectivity index (χ1n) is 6.21. The third kappa shape index (κ3) is 3.03. The van der Waals surface area contributed by atoms with Gasteiger partial charge in [0.15, 0.2) is 0 Å². The first-order valence-corrected chi connectivity index (χ1v) is 7.84. The molecule has 3 rings (SSSR count). The minimum Gasteiger partial charge on any atom is -0.141 e. The van der Waals surface area contributed by atoms with Gasteiger partial charge in [-0.1, -0.05) is 30.3 Å². The highest BCUT2D eigenvalue weighted by Gasteiger charge is 2.00. The number of thiophene rings is 2. The fraction of sp³-hybridized carbons (Fsp3) is 0.0588. The van der Waals surface area contributed by atoms with Crippen molar-refractivity contribution < 1.29 is 0 Å². The molecule has 0 radical (unpaired) electrons. The predicted octanol–water partition coefficient (Wildman–Crippen LogP) is 5.96. The van der Waals surface area contributed by atoms with E-state index < -0.39 is 0 Å². The molecule has 0 spiro atoms. The summed E-state index contributed by atoms with van der Waals surface area (Å²) in [4.78, 5) is 5.29. The van der Waals surface area contributed by atoms with Crippen LogP contribution < -0.4 is 0 Å². The van der Waals surface area contributed by atoms with E-state index in [9.17, 15) is 0 Å². The van der Waals surface area contributed by atoms with E-state index in [2.05, 4.69) is 73.7 Å². The molecule has 0 atom stereocenters. The Bertz CT molecular complexity index is 687. The molecule has 19 heavy (non-hydrogen) atoms. The molecule has 0 aliphatic rings. The Morgan fingerprint density at radius 1 is 0.737 bits per heavy atom. The Morgan fingerprint density at radius 3 is 2.11 bits per heavy atom. The summed E-state index contributed by atoms with van der Waals surface area (Å²) < 4.78 is 0. The summed E-state index contributed by atoms with van der Waals surface area (Å²) in [5.41, 5.74) is 1.29. The molecule has 2 heteroatoms. The first-order chi connectivity index (χ1) is 9.31. The lowest BCUT2D eigenvalue weighted by Crippen LogP contribution is -1.67. The van der Waals surface area contributed by atoms with Crippen LogP contribution in [0.1, 0.15) is 14.6 Å². The summed E-state index contributed by atoms with van der Waals surface area (Å²) in [6, 6.07) is 19.2. The molecule has 94 valence electrons. The van der Waals surface area contributed by atoms with Crippen molar-refractivity contribution in [1.82, 2.24) is 0 Å². The Labute approximate surface area is 121 Å². The van der Waals surface area contributed by atoms with Crippen molar-refractivity contribution in [2.24, 2.45) is 0 Å². The minimum atomic E-state index is 1.29. The molecule has 3 aromatic rings. The zero-order valence-electron chi connectivity index (χ0n) is 10.7. The van der Waals surface area contributed by atoms with Crippen molar-refractivity contribution in [2.75, 3.05) is 0 Å². The molecule has 0 saturated heterocycles. The molecule has 0 nitrogen and oxygen atoms in total. The number of aryl methyl sites for hydroxylation is 1. The fourth-order valence-electron chi connectivity index (χ4n) is 1.91. The maximum absolute atomic E-state index is 2.20. The standard InChI is InChI=1S/C17H14S2/c1-13-7-8-15(18-13)9-10-16-11-12-17(19-16)14-5-3-2-4-6-14/h2-12H,1H3/b10-9+. The normalized spacial score (nSPS) is 11.2. The van der Waals surface area contributed by atoms with Gasteiger partial charge in [0.05, 0.1) is 0 Å². The highest BCUT2D eigenvalue weighted by molar-refractivity contribution is 7.16. The monoisotopic (exact) mass is 282 g/mol. The molecule has 0 bridgehead atoms. The van der Waals surface area contributed by atoms with Gasteiger partial charge in [-0.15, -0.1) is 22.7 Å². The smallest absolute Gasteiger partial charge is 0.0349 e. The van der Waals surface area contributed by atoms with Crippen LogP contribution in [0.15, 0.2) is 54.6 Å². The average Bonchev–Trinajstić information content (AvgIpc) is 3.06. The second-order valence-electron chi connectivity index (χ2n) is 4.35. The Kier molecular flexibility index (Phi) is 3.62. The van der Waals surface area contributed by atoms with Gasteiger partial charge in [-0.2, -0.15) is 0 Å². The molecule has 0 aliphatic carbocycles. The van der Waals surface area contributed by atoms with E-state index in [-0.39, 0.29) is 0 Å². The summed E-state index contributed by atoms with van der Waals surface area (Å²) in [5, 5.41) is 0. The SMILES string of the molecule is Cc1ccc(/C=C/c2ccc(-c3ccccc3)s2)s1. The largest absolute Gasteiger partial charge is 0.141 e. The Hall–Kier alpha value is -1.64. The van der Waals surface area contributed by atoms with Gasteiger partial charge in [0.1, 0.15) is 0 Å². The quantitative estimate of drug-likeness (QED) is 0.556. The first kappa shape index (κ1) is 12.4. The van der Waals surface area contributed by atoms with E-state index in [0.29, 0.717) is 0 Å². The van der Waals surface area contributed by atoms with Gasteiger partial charge in [0.2, 0.25) is 0 Å². The molecule has 2 aromatic heterocycles. The Morgan fingerprint density at radius 2 is 1.42 bits per heavy atom. The van der Waals surface area contributed by atoms with E-state index in [1.165, 1.54) is 25.1 Å². The lowest BCUT2D eigenvalue weighted by Gasteiger charge is -1.94. The van der Waals surface area contributed by atoms with Gasteiger partial charge in [-0.3, -0.25) is 0 Å². The second kappa shape index (κ2) is 5.55. The van der Waals surface area contributed by atoms with Crippen molar-refractivity contribution >= 4 is 34.8 Å². The van der Waals surface area contributed by atoms with Crippen molar-refractivity contribution in [3.05, 3.63) is 69.2 Å². The van der Waals surface area contributed by atoms with Gasteiger partial charge in [-0.05, 0) is 48.9 Å². The van der Waals surface area contributed by atoms with Crippen LogP contribution in [0.2, 0.25) is 0 Å². The van der Waals surface area contributed by atoms with E-state index >= 15 is 0 Å². The van der Waals surface area contributed by atoms with Crippen molar-refractivity contribution in [3.8, 4) is 10.4 Å². The fourth-order valence-corrected chi connectivity index (χ4v) is 3.60. The molecular formula is C17H14S2. The molecule has 0 fully saturated rings. The highest BCUT2D eigenvalue weighted by Crippen LogP contribution is 2.29. The van der Waals surface area contributed by atoms with Crippen LogP contribution in [-0.4, -0.2) is 0 Å². The maximum Gasteiger partial charge on any atom is 0.0349 e. The second-order valence-corrected chi connectivity index (χ2v) is 6.78. The summed E-state index contributed by atoms with van der Waals surface area (Å²) >= 11 is 3.66. The molecule has 0 N–H and O–H groups in total. The van der Waals surface area contributed by atoms with Crippen molar-refractivity contribution in [3.63, 3.8) is 0 Å². The topological polar surface area (TPSA) is 0 Å². The van der Waals surface area contributed by atoms with Gasteiger partial charge < -0.3 is 0 Å². The molecular weight excluding hydrogens is 268 g/mol. The third-order valence-electron chi connectivity index (χ3n) is 2.86. The molecule has 0 amide bonds. The zero-order chi connectivity index (χ0) is 13.1. The van der Waals surface area contributed by atoms with Crippen LogP contribution in [-0.2, 0) is 0 Å². The number of rotatable bonds is 3. The molecule has 0 saturated carbocycles. The van der Waals surface area contributed by atoms with E-state index in [0.717, 1.165) is 0 Å². The molecule has 0 aliphatic heterocycles. The Balaban J connectivity index is 1.80. The molecule has 2 heterocycles. The van der Waals surface area contributed by atoms with E-state index in [1.54, 1.807) is 0 Å². The minimum absolute atomic E-state index is 1.29. The molecule has 1 aromatic carbocycles. The van der Waals surface area contributed by atoms with Gasteiger partial charge in [0.25, 0.3) is 0 Å². The lowest BCUT2D eigenvalue weighted by atomic mass is 10.2. The van der Waals surface area contributed by atoms with Crippen LogP contribution in [0.4, 0.5) is 0 Å². The summed E-state index contributed by atoms with van der Waals surface area (Å²) in [6.45, 7) is 2.14. The third-order valence-corrected chi connectivity index (χ3v) is 4.92. The molecule has 0 unspecified atom stereocenters. The van der Waals surface area contributed by atoms with Crippen LogP contribution in [0.3, 0.4) is 0 Å². The summed E-state index contributed by atoms with van der Waals surface area (Å²) in [7, 11) is 0. The zero-order valence-corrected chi connectivity index (χ0v) is 12.3. The number of hydrogen-bond acceptors (Lipinski definition) is 2. The van der Waals surface area contributed by atoms with Crippen LogP contribution in [0.25, 0.3) is 22.6 Å². The van der Waals surface area contributed by atoms with Gasteiger partial charge >= 0.3 is 0 Å². The van der Waals surface area contributed by atoms with Crippen LogP contribution in [0.5, 0.6) is 0 Å². The number of hydrogen-bond donors (Lipinski definition) is 0. The van der Waals surface area contributed by atoms with Gasteiger partial charge in [-0.25, -0.2) is 0 Å². The average molecular weight is 282 g/mol. The highest BCUT2D eigenvalue weighted by atomic mass is 32.1. The number of benzene rings is 1. The van der Waals surface area contributed by atoms with E-state index in [1.807, 2.05) is 22.7 Å². The van der Waals surface area contributed by atoms with E-state index in [4.69, 9.17) is 0 Å². The van der Waals surface area contributed by atoms with Crippen LogP contribution in [0, 0.1) is 6.92 Å². The van der Waals surface area contributed by atoms with Gasteiger partial charge in [0, 0.05) is 19.5 Å². The van der Waals surface area contributed by atoms with Crippen molar-refractivity contribution in [1.29, 1.82) is 0 Å². The van der Waals surface area contributed by atoms with Crippen LogP contribution >= 0.6 is 22.7 Å². The predicted molar refractivity (Wildman–Crippen MR) is 87.7 cm³/mol. The lowest BCUT2D eigenvalue weighted by molar-refractivity contribution is 1.64. The summed E-state index contributed by atoms with van der Waals surface area (Å²) in [5.74, 6) is 0. The maximum atomic E-state index is 2.20. The van der Waals surface area contributed by atoms with Crippen molar-refractivity contribution in [2.45, 2.75) is 6.92 Å².